The van der Waals surface area contributed by atoms with Crippen molar-refractivity contribution in [3.8, 4) is 11.3 Å². The molecule has 3 rings (SSSR count). The van der Waals surface area contributed by atoms with E-state index in [0.29, 0.717) is 17.1 Å². The molecule has 0 atom stereocenters. The third-order valence-corrected chi connectivity index (χ3v) is 4.65. The molecule has 118 valence electrons. The molecule has 1 saturated heterocycles. The van der Waals surface area contributed by atoms with Crippen molar-refractivity contribution in [1.82, 2.24) is 15.2 Å². The monoisotopic (exact) mass is 327 g/mol. The van der Waals surface area contributed by atoms with Crippen LogP contribution in [0.5, 0.6) is 0 Å². The maximum atomic E-state index is 13.0. The Kier molecular flexibility index (Phi) is 4.46. The molecule has 0 radical (unpaired) electrons. The summed E-state index contributed by atoms with van der Waals surface area (Å²) in [4.78, 5) is 6.71. The summed E-state index contributed by atoms with van der Waals surface area (Å²) in [5.41, 5.74) is 1.19. The number of thiazole rings is 1. The van der Waals surface area contributed by atoms with E-state index < -0.39 is 11.2 Å². The molecule has 0 bridgehead atoms. The molecule has 3 nitrogen and oxygen atoms in total. The van der Waals surface area contributed by atoms with Crippen molar-refractivity contribution in [2.45, 2.75) is 12.7 Å². The number of piperazine rings is 1. The summed E-state index contributed by atoms with van der Waals surface area (Å²) in [7, 11) is 0. The van der Waals surface area contributed by atoms with Crippen molar-refractivity contribution in [3.63, 3.8) is 0 Å². The molecular formula is C15H16F3N3S. The molecule has 1 aliphatic heterocycles. The van der Waals surface area contributed by atoms with Gasteiger partial charge in [-0.2, -0.15) is 13.2 Å². The topological polar surface area (TPSA) is 28.2 Å². The number of aromatic nitrogens is 1. The highest BCUT2D eigenvalue weighted by Crippen LogP contribution is 2.38. The maximum absolute atomic E-state index is 13.0. The van der Waals surface area contributed by atoms with Crippen molar-refractivity contribution >= 4 is 11.3 Å². The van der Waals surface area contributed by atoms with E-state index in [1.807, 2.05) is 18.2 Å². The molecule has 1 aliphatic rings. The van der Waals surface area contributed by atoms with Gasteiger partial charge in [-0.15, -0.1) is 11.3 Å². The lowest BCUT2D eigenvalue weighted by molar-refractivity contribution is -0.137. The predicted molar refractivity (Wildman–Crippen MR) is 80.7 cm³/mol. The summed E-state index contributed by atoms with van der Waals surface area (Å²) in [5, 5.41) is 2.48. The van der Waals surface area contributed by atoms with Crippen LogP contribution in [0.15, 0.2) is 30.3 Å². The number of halogens is 3. The van der Waals surface area contributed by atoms with Gasteiger partial charge in [0.2, 0.25) is 0 Å². The maximum Gasteiger partial charge on any atom is 0.443 e. The fraction of sp³-hybridized carbons (Fsp3) is 0.400. The molecule has 1 fully saturated rings. The number of nitrogens with zero attached hydrogens (tertiary/aromatic N) is 2. The van der Waals surface area contributed by atoms with Gasteiger partial charge in [-0.1, -0.05) is 30.3 Å². The minimum Gasteiger partial charge on any atom is -0.314 e. The van der Waals surface area contributed by atoms with Crippen LogP contribution in [0.25, 0.3) is 11.3 Å². The van der Waals surface area contributed by atoms with Crippen LogP contribution in [0.4, 0.5) is 13.2 Å². The van der Waals surface area contributed by atoms with E-state index >= 15 is 0 Å². The summed E-state index contributed by atoms with van der Waals surface area (Å²) in [6, 6.07) is 9.08. The molecule has 22 heavy (non-hydrogen) atoms. The molecule has 1 N–H and O–H groups in total. The smallest absolute Gasteiger partial charge is 0.314 e. The largest absolute Gasteiger partial charge is 0.443 e. The zero-order valence-electron chi connectivity index (χ0n) is 11.9. The molecule has 1 aromatic carbocycles. The number of hydrogen-bond acceptors (Lipinski definition) is 4. The molecular weight excluding hydrogens is 311 g/mol. The minimum atomic E-state index is -4.39. The Morgan fingerprint density at radius 3 is 2.45 bits per heavy atom. The lowest BCUT2D eigenvalue weighted by atomic mass is 10.1. The highest BCUT2D eigenvalue weighted by atomic mass is 32.1. The quantitative estimate of drug-likeness (QED) is 0.938. The van der Waals surface area contributed by atoms with E-state index in [4.69, 9.17) is 0 Å². The number of hydrogen-bond donors (Lipinski definition) is 1. The second-order valence-electron chi connectivity index (χ2n) is 5.18. The standard InChI is InChI=1S/C15H16F3N3S/c16-15(17,18)14-20-13(11-4-2-1-3-5-11)12(22-14)10-21-8-6-19-7-9-21/h1-5,19H,6-10H2. The van der Waals surface area contributed by atoms with Gasteiger partial charge in [0.05, 0.1) is 5.69 Å². The van der Waals surface area contributed by atoms with Crippen LogP contribution in [-0.4, -0.2) is 36.1 Å². The number of benzene rings is 1. The fourth-order valence-corrected chi connectivity index (χ4v) is 3.47. The highest BCUT2D eigenvalue weighted by molar-refractivity contribution is 7.12. The molecule has 0 amide bonds. The van der Waals surface area contributed by atoms with Gasteiger partial charge < -0.3 is 5.32 Å². The zero-order valence-corrected chi connectivity index (χ0v) is 12.7. The summed E-state index contributed by atoms with van der Waals surface area (Å²) in [6.45, 7) is 3.93. The van der Waals surface area contributed by atoms with Gasteiger partial charge in [-0.3, -0.25) is 4.90 Å². The summed E-state index contributed by atoms with van der Waals surface area (Å²) >= 11 is 0.757. The first-order chi connectivity index (χ1) is 10.5. The first-order valence-electron chi connectivity index (χ1n) is 7.09. The van der Waals surface area contributed by atoms with Gasteiger partial charge in [0.1, 0.15) is 0 Å². The Bertz CT molecular complexity index is 619. The SMILES string of the molecule is FC(F)(F)c1nc(-c2ccccc2)c(CN2CCNCC2)s1. The van der Waals surface area contributed by atoms with Crippen LogP contribution in [0.2, 0.25) is 0 Å². The van der Waals surface area contributed by atoms with Crippen molar-refractivity contribution in [2.24, 2.45) is 0 Å². The normalized spacial score (nSPS) is 16.9. The first-order valence-corrected chi connectivity index (χ1v) is 7.91. The van der Waals surface area contributed by atoms with Crippen LogP contribution in [0.3, 0.4) is 0 Å². The van der Waals surface area contributed by atoms with E-state index in [2.05, 4.69) is 15.2 Å². The van der Waals surface area contributed by atoms with Gasteiger partial charge in [0.15, 0.2) is 5.01 Å². The van der Waals surface area contributed by atoms with Crippen LogP contribution in [0.1, 0.15) is 9.88 Å². The number of rotatable bonds is 3. The molecule has 7 heteroatoms. The Hall–Kier alpha value is -1.44. The second-order valence-corrected chi connectivity index (χ2v) is 6.26. The average molecular weight is 327 g/mol. The zero-order chi connectivity index (χ0) is 15.6. The van der Waals surface area contributed by atoms with Crippen LogP contribution < -0.4 is 5.32 Å². The summed E-state index contributed by atoms with van der Waals surface area (Å²) < 4.78 is 39.0. The highest BCUT2D eigenvalue weighted by Gasteiger charge is 2.36. The van der Waals surface area contributed by atoms with Gasteiger partial charge in [0.25, 0.3) is 0 Å². The fourth-order valence-electron chi connectivity index (χ4n) is 2.47. The molecule has 0 spiro atoms. The van der Waals surface area contributed by atoms with Crippen LogP contribution in [-0.2, 0) is 12.7 Å². The summed E-state index contributed by atoms with van der Waals surface area (Å²) in [5.74, 6) is 0. The predicted octanol–water partition coefficient (Wildman–Crippen LogP) is 3.23. The van der Waals surface area contributed by atoms with Crippen LogP contribution in [0, 0.1) is 0 Å². The van der Waals surface area contributed by atoms with Crippen LogP contribution >= 0.6 is 11.3 Å². The van der Waals surface area contributed by atoms with E-state index in [1.54, 1.807) is 12.1 Å². The lowest BCUT2D eigenvalue weighted by Gasteiger charge is -2.26. The van der Waals surface area contributed by atoms with Gasteiger partial charge in [-0.25, -0.2) is 4.98 Å². The van der Waals surface area contributed by atoms with E-state index in [-0.39, 0.29) is 0 Å². The summed E-state index contributed by atoms with van der Waals surface area (Å²) in [6.07, 6.45) is -4.39. The van der Waals surface area contributed by atoms with Gasteiger partial charge >= 0.3 is 6.18 Å². The Morgan fingerprint density at radius 1 is 1.14 bits per heavy atom. The van der Waals surface area contributed by atoms with Crippen molar-refractivity contribution < 1.29 is 13.2 Å². The Balaban J connectivity index is 1.94. The molecule has 0 aliphatic carbocycles. The van der Waals surface area contributed by atoms with Crippen molar-refractivity contribution in [3.05, 3.63) is 40.2 Å². The first kappa shape index (κ1) is 15.5. The molecule has 2 heterocycles. The molecule has 0 saturated carbocycles. The van der Waals surface area contributed by atoms with Crippen molar-refractivity contribution in [2.75, 3.05) is 26.2 Å². The van der Waals surface area contributed by atoms with E-state index in [0.717, 1.165) is 43.1 Å². The third-order valence-electron chi connectivity index (χ3n) is 3.56. The van der Waals surface area contributed by atoms with Gasteiger partial charge in [-0.05, 0) is 0 Å². The Labute approximate surface area is 130 Å². The van der Waals surface area contributed by atoms with E-state index in [9.17, 15) is 13.2 Å². The third kappa shape index (κ3) is 3.48. The lowest BCUT2D eigenvalue weighted by Crippen LogP contribution is -2.42. The molecule has 2 aromatic rings. The van der Waals surface area contributed by atoms with Crippen molar-refractivity contribution in [1.29, 1.82) is 0 Å². The Morgan fingerprint density at radius 2 is 1.82 bits per heavy atom. The average Bonchev–Trinajstić information content (AvgIpc) is 2.93. The molecule has 0 unspecified atom stereocenters. The number of alkyl halides is 3. The molecule has 1 aromatic heterocycles. The van der Waals surface area contributed by atoms with Gasteiger partial charge in [0, 0.05) is 43.2 Å². The minimum absolute atomic E-state index is 0.455. The van der Waals surface area contributed by atoms with E-state index in [1.165, 1.54) is 0 Å². The second kappa shape index (κ2) is 6.36. The number of nitrogens with one attached hydrogen (secondary N) is 1.